The first-order valence-corrected chi connectivity index (χ1v) is 19.0. The second-order valence-corrected chi connectivity index (χ2v) is 14.0. The summed E-state index contributed by atoms with van der Waals surface area (Å²) in [6, 6.07) is 13.7. The SMILES string of the molecule is CCCCCCC1=C2C=CC(=N2)C=C2C=CC(=N2)C=C2N=C(C(CCCCCC)=C3C=CC1=N3)C(c1ccc(C(=O)O)cc1)=C2c1ccc(C(=O)O)cc1. The molecular formula is C46H44N4O4. The third-order valence-electron chi connectivity index (χ3n) is 10.2. The summed E-state index contributed by atoms with van der Waals surface area (Å²) >= 11 is 0. The fourth-order valence-electron chi connectivity index (χ4n) is 7.32. The Labute approximate surface area is 316 Å². The van der Waals surface area contributed by atoms with Crippen LogP contribution in [0, 0.1) is 0 Å². The number of benzene rings is 2. The molecule has 0 amide bonds. The van der Waals surface area contributed by atoms with Gasteiger partial charge >= 0.3 is 11.9 Å². The molecule has 8 bridgehead atoms. The standard InChI is InChI=1S/C46H44N4O4/c1-3-5-7-9-11-36-38-24-23-34(48-38)27-33-21-22-35(47-33)28-41-42(29-13-17-31(18-14-29)45(51)52)43(30-15-19-32(20-16-30)46(53)54)44(50-41)37(12-10-8-6-4-2)40-26-25-39(36)49-40/h13-28H,3-12H2,1-2H3,(H,51,52)(H,53,54). The van der Waals surface area contributed by atoms with Crippen LogP contribution in [0.4, 0.5) is 0 Å². The largest absolute Gasteiger partial charge is 0.478 e. The minimum atomic E-state index is -1.00. The first kappa shape index (κ1) is 36.3. The number of hydrogen-bond acceptors (Lipinski definition) is 6. The average molecular weight is 717 g/mol. The van der Waals surface area contributed by atoms with Gasteiger partial charge < -0.3 is 10.2 Å². The van der Waals surface area contributed by atoms with Gasteiger partial charge in [-0.2, -0.15) is 0 Å². The lowest BCUT2D eigenvalue weighted by molar-refractivity contribution is 0.0686. The lowest BCUT2D eigenvalue weighted by Crippen LogP contribution is -2.08. The van der Waals surface area contributed by atoms with Gasteiger partial charge in [-0.25, -0.2) is 29.6 Å². The minimum absolute atomic E-state index is 0.183. The van der Waals surface area contributed by atoms with Gasteiger partial charge in [-0.15, -0.1) is 0 Å². The number of aliphatic imine (C=N–C) groups is 4. The molecule has 0 aromatic heterocycles. The number of hydrogen-bond donors (Lipinski definition) is 2. The summed E-state index contributed by atoms with van der Waals surface area (Å²) in [4.78, 5) is 44.6. The quantitative estimate of drug-likeness (QED) is 0.189. The Morgan fingerprint density at radius 1 is 0.537 bits per heavy atom. The summed E-state index contributed by atoms with van der Waals surface area (Å²) in [7, 11) is 0. The van der Waals surface area contributed by atoms with E-state index >= 15 is 0 Å². The Balaban J connectivity index is 1.49. The average Bonchev–Trinajstić information content (AvgIpc) is 4.00. The molecule has 0 unspecified atom stereocenters. The van der Waals surface area contributed by atoms with Crippen molar-refractivity contribution in [2.75, 3.05) is 0 Å². The smallest absolute Gasteiger partial charge is 0.335 e. The molecule has 2 N–H and O–H groups in total. The molecule has 0 aliphatic carbocycles. The maximum absolute atomic E-state index is 11.9. The predicted molar refractivity (Wildman–Crippen MR) is 219 cm³/mol. The fraction of sp³-hybridized carbons (Fsp3) is 0.261. The molecule has 5 heterocycles. The lowest BCUT2D eigenvalue weighted by atomic mass is 9.87. The maximum Gasteiger partial charge on any atom is 0.335 e. The van der Waals surface area contributed by atoms with Gasteiger partial charge in [-0.3, -0.25) is 0 Å². The highest BCUT2D eigenvalue weighted by molar-refractivity contribution is 6.42. The zero-order valence-corrected chi connectivity index (χ0v) is 30.8. The summed E-state index contributed by atoms with van der Waals surface area (Å²) in [6.45, 7) is 4.42. The molecular weight excluding hydrogens is 673 g/mol. The second-order valence-electron chi connectivity index (χ2n) is 14.0. The van der Waals surface area contributed by atoms with Gasteiger partial charge in [0.05, 0.1) is 56.8 Å². The summed E-state index contributed by atoms with van der Waals surface area (Å²) < 4.78 is 0. The van der Waals surface area contributed by atoms with Crippen LogP contribution >= 0.6 is 0 Å². The van der Waals surface area contributed by atoms with Crippen LogP contribution in [0.5, 0.6) is 0 Å². The third-order valence-corrected chi connectivity index (χ3v) is 10.2. The van der Waals surface area contributed by atoms with Crippen molar-refractivity contribution in [1.29, 1.82) is 0 Å². The number of unbranched alkanes of at least 4 members (excludes halogenated alkanes) is 6. The van der Waals surface area contributed by atoms with Crippen LogP contribution < -0.4 is 0 Å². The molecule has 0 fully saturated rings. The van der Waals surface area contributed by atoms with E-state index in [1.165, 1.54) is 6.42 Å². The molecule has 5 aliphatic heterocycles. The molecule has 8 nitrogen and oxygen atoms in total. The van der Waals surface area contributed by atoms with E-state index in [-0.39, 0.29) is 11.1 Å². The van der Waals surface area contributed by atoms with Crippen molar-refractivity contribution in [3.63, 3.8) is 0 Å². The highest BCUT2D eigenvalue weighted by Crippen LogP contribution is 2.44. The van der Waals surface area contributed by atoms with E-state index in [1.54, 1.807) is 24.3 Å². The van der Waals surface area contributed by atoms with Crippen molar-refractivity contribution in [3.05, 3.63) is 153 Å². The first-order valence-electron chi connectivity index (χ1n) is 19.0. The topological polar surface area (TPSA) is 124 Å². The van der Waals surface area contributed by atoms with Gasteiger partial charge in [0.1, 0.15) is 0 Å². The van der Waals surface area contributed by atoms with Gasteiger partial charge in [0.2, 0.25) is 0 Å². The molecule has 2 aromatic carbocycles. The molecule has 8 heteroatoms. The van der Waals surface area contributed by atoms with Gasteiger partial charge in [-0.05, 0) is 110 Å². The fourth-order valence-corrected chi connectivity index (χ4v) is 7.32. The normalized spacial score (nSPS) is 17.2. The number of aromatic carboxylic acids is 2. The van der Waals surface area contributed by atoms with Crippen LogP contribution in [-0.2, 0) is 0 Å². The van der Waals surface area contributed by atoms with Crippen LogP contribution in [0.1, 0.15) is 110 Å². The van der Waals surface area contributed by atoms with Crippen LogP contribution in [0.25, 0.3) is 11.1 Å². The van der Waals surface area contributed by atoms with Crippen molar-refractivity contribution in [1.82, 2.24) is 0 Å². The predicted octanol–water partition coefficient (Wildman–Crippen LogP) is 10.7. The van der Waals surface area contributed by atoms with Crippen molar-refractivity contribution in [3.8, 4) is 0 Å². The van der Waals surface area contributed by atoms with E-state index in [0.29, 0.717) is 5.70 Å². The van der Waals surface area contributed by atoms with Crippen LogP contribution in [0.15, 0.2) is 151 Å². The molecule has 0 saturated carbocycles. The first-order chi connectivity index (χ1) is 26.3. The van der Waals surface area contributed by atoms with Gasteiger partial charge in [0.25, 0.3) is 0 Å². The summed E-state index contributed by atoms with van der Waals surface area (Å²) in [5.41, 5.74) is 12.2. The zero-order valence-electron chi connectivity index (χ0n) is 30.8. The van der Waals surface area contributed by atoms with Crippen LogP contribution in [0.3, 0.4) is 0 Å². The van der Waals surface area contributed by atoms with Gasteiger partial charge in [0, 0.05) is 22.3 Å². The number of fused-ring (bicyclic) bond motifs is 4. The van der Waals surface area contributed by atoms with E-state index in [1.807, 2.05) is 54.6 Å². The molecule has 5 aliphatic rings. The number of allylic oxidation sites excluding steroid dienone is 12. The van der Waals surface area contributed by atoms with Crippen molar-refractivity contribution >= 4 is 45.9 Å². The van der Waals surface area contributed by atoms with Crippen molar-refractivity contribution in [2.45, 2.75) is 78.1 Å². The Bertz CT molecular complexity index is 2260. The molecule has 272 valence electrons. The molecule has 2 aromatic rings. The Morgan fingerprint density at radius 2 is 1.09 bits per heavy atom. The van der Waals surface area contributed by atoms with Crippen molar-refractivity contribution < 1.29 is 19.8 Å². The van der Waals surface area contributed by atoms with E-state index in [2.05, 4.69) is 32.1 Å². The molecule has 0 spiro atoms. The molecule has 0 atom stereocenters. The number of carbonyl (C=O) groups is 2. The summed E-state index contributed by atoms with van der Waals surface area (Å²) in [5.74, 6) is -2.01. The number of nitrogens with zero attached hydrogens (tertiary/aromatic N) is 4. The molecule has 7 rings (SSSR count). The number of carboxylic acids is 2. The highest BCUT2D eigenvalue weighted by atomic mass is 16.4. The summed E-state index contributed by atoms with van der Waals surface area (Å²) in [6.07, 6.45) is 26.6. The summed E-state index contributed by atoms with van der Waals surface area (Å²) in [5, 5.41) is 19.5. The second kappa shape index (κ2) is 16.3. The van der Waals surface area contributed by atoms with E-state index in [9.17, 15) is 19.8 Å². The monoisotopic (exact) mass is 716 g/mol. The molecule has 0 radical (unpaired) electrons. The molecule has 54 heavy (non-hydrogen) atoms. The van der Waals surface area contributed by atoms with E-state index < -0.39 is 11.9 Å². The number of carboxylic acid groups (broad SMARTS) is 2. The van der Waals surface area contributed by atoms with Gasteiger partial charge in [-0.1, -0.05) is 76.6 Å². The zero-order chi connectivity index (χ0) is 37.6. The minimum Gasteiger partial charge on any atom is -0.478 e. The van der Waals surface area contributed by atoms with Gasteiger partial charge in [0.15, 0.2) is 0 Å². The van der Waals surface area contributed by atoms with Crippen molar-refractivity contribution in [2.24, 2.45) is 20.0 Å². The van der Waals surface area contributed by atoms with E-state index in [4.69, 9.17) is 20.0 Å². The maximum atomic E-state index is 11.9. The van der Waals surface area contributed by atoms with E-state index in [0.717, 1.165) is 131 Å². The molecule has 0 saturated heterocycles. The third kappa shape index (κ3) is 7.83. The Hall–Kier alpha value is -6.02. The highest BCUT2D eigenvalue weighted by Gasteiger charge is 2.31. The Kier molecular flexibility index (Phi) is 11.0. The Morgan fingerprint density at radius 3 is 1.72 bits per heavy atom. The number of rotatable bonds is 14. The van der Waals surface area contributed by atoms with Crippen LogP contribution in [0.2, 0.25) is 0 Å². The lowest BCUT2D eigenvalue weighted by Gasteiger charge is -2.16. The van der Waals surface area contributed by atoms with Crippen LogP contribution in [-0.4, -0.2) is 45.0 Å².